The first-order valence-corrected chi connectivity index (χ1v) is 18.8. The molecule has 0 aliphatic heterocycles. The van der Waals surface area contributed by atoms with E-state index >= 15 is 0 Å². The Morgan fingerprint density at radius 2 is 1.00 bits per heavy atom. The normalized spacial score (nSPS) is 11.1. The van der Waals surface area contributed by atoms with Gasteiger partial charge in [0.2, 0.25) is 0 Å². The second-order valence-electron chi connectivity index (χ2n) is 7.65. The van der Waals surface area contributed by atoms with E-state index in [4.69, 9.17) is 23.3 Å². The van der Waals surface area contributed by atoms with Crippen molar-refractivity contribution in [2.75, 3.05) is 0 Å². The zero-order valence-corrected chi connectivity index (χ0v) is 21.3. The van der Waals surface area contributed by atoms with Crippen molar-refractivity contribution in [3.63, 3.8) is 0 Å². The molecule has 0 bridgehead atoms. The third kappa shape index (κ3) is 11.6. The molecule has 0 aromatic heterocycles. The number of rotatable bonds is 2. The molecule has 0 aliphatic rings. The van der Waals surface area contributed by atoms with Gasteiger partial charge in [-0.15, -0.1) is 0 Å². The maximum absolute atomic E-state index is 4.89. The third-order valence-electron chi connectivity index (χ3n) is 3.48. The molecular weight excluding hydrogens is 381 g/mol. The number of nitrogens with zero attached hydrogens (tertiary/aromatic N) is 1. The summed E-state index contributed by atoms with van der Waals surface area (Å²) in [7, 11) is 7.57. The first kappa shape index (κ1) is 25.3. The van der Waals surface area contributed by atoms with E-state index in [1.54, 1.807) is 0 Å². The Balaban J connectivity index is 0. The molecule has 22 heavy (non-hydrogen) atoms. The van der Waals surface area contributed by atoms with Gasteiger partial charge in [0.15, 0.2) is 0 Å². The van der Waals surface area contributed by atoms with Crippen LogP contribution in [0, 0.1) is 34.6 Å². The standard InChI is InChI=1S/C10H15.C6H18NSi2.2ClH.Ti/c1-6-7(2)9(4)10(5)8(6)3;1-8(2,3)7-9(4,5)6;;;/h1-5H3;1-6H3;2*1H;/q2*-1;;;+2/p-2. The van der Waals surface area contributed by atoms with Crippen molar-refractivity contribution in [1.29, 1.82) is 0 Å². The number of hydrogen-bond donors (Lipinski definition) is 0. The summed E-state index contributed by atoms with van der Waals surface area (Å²) in [5, 5.41) is 0. The molecule has 0 amide bonds. The first-order valence-electron chi connectivity index (χ1n) is 7.58. The molecule has 0 saturated carbocycles. The van der Waals surface area contributed by atoms with Crippen molar-refractivity contribution >= 4 is 35.1 Å². The van der Waals surface area contributed by atoms with Crippen molar-refractivity contribution in [2.45, 2.75) is 73.9 Å². The van der Waals surface area contributed by atoms with Gasteiger partial charge in [0.1, 0.15) is 0 Å². The van der Waals surface area contributed by atoms with E-state index in [0.717, 1.165) is 0 Å². The van der Waals surface area contributed by atoms with Crippen LogP contribution in [0.15, 0.2) is 0 Å². The summed E-state index contributed by atoms with van der Waals surface area (Å²) in [5.74, 6) is 0. The van der Waals surface area contributed by atoms with Crippen molar-refractivity contribution < 1.29 is 17.0 Å². The van der Waals surface area contributed by atoms with Crippen LogP contribution in [0.5, 0.6) is 0 Å². The Hall–Kier alpha value is 1.04. The summed E-state index contributed by atoms with van der Waals surface area (Å²) in [6.45, 7) is 24.8. The SMILES string of the molecule is C[Si](C)(C)[N-][Si](C)(C)C.Cc1c(C)c(C)[c-](C)c1C.[Cl][Ti][Cl]. The van der Waals surface area contributed by atoms with Gasteiger partial charge in [0, 0.05) is 0 Å². The van der Waals surface area contributed by atoms with Crippen LogP contribution in [0.4, 0.5) is 0 Å². The third-order valence-corrected chi connectivity index (χ3v) is 8.85. The second-order valence-corrected chi connectivity index (χ2v) is 19.8. The van der Waals surface area contributed by atoms with Crippen LogP contribution >= 0.6 is 18.6 Å². The Labute approximate surface area is 157 Å². The predicted molar refractivity (Wildman–Crippen MR) is 107 cm³/mol. The zero-order valence-electron chi connectivity index (χ0n) is 16.2. The minimum absolute atomic E-state index is 0.556. The van der Waals surface area contributed by atoms with Crippen molar-refractivity contribution in [1.82, 2.24) is 0 Å². The van der Waals surface area contributed by atoms with Gasteiger partial charge in [-0.2, -0.15) is 27.8 Å². The summed E-state index contributed by atoms with van der Waals surface area (Å²) in [6, 6.07) is 0. The van der Waals surface area contributed by atoms with Crippen LogP contribution in [0.2, 0.25) is 39.3 Å². The van der Waals surface area contributed by atoms with Gasteiger partial charge in [-0.05, 0) is 0 Å². The van der Waals surface area contributed by atoms with Crippen LogP contribution in [-0.4, -0.2) is 16.5 Å². The van der Waals surface area contributed by atoms with Gasteiger partial charge in [0.05, 0.1) is 0 Å². The minimum atomic E-state index is -1.11. The maximum atomic E-state index is 4.89. The van der Waals surface area contributed by atoms with Gasteiger partial charge in [-0.3, -0.25) is 0 Å². The molecular formula is C16H33Cl2NSi2Ti-2. The summed E-state index contributed by atoms with van der Waals surface area (Å²) >= 11 is -0.556. The van der Waals surface area contributed by atoms with E-state index in [1.165, 1.54) is 27.8 Å². The molecule has 0 aliphatic carbocycles. The molecule has 0 radical (unpaired) electrons. The van der Waals surface area contributed by atoms with Crippen LogP contribution in [-0.2, 0) is 17.0 Å². The molecule has 1 aromatic carbocycles. The van der Waals surface area contributed by atoms with Crippen LogP contribution < -0.4 is 0 Å². The van der Waals surface area contributed by atoms with Crippen LogP contribution in [0.3, 0.4) is 0 Å². The van der Waals surface area contributed by atoms with Crippen molar-refractivity contribution in [3.8, 4) is 0 Å². The Bertz CT molecular complexity index is 354. The monoisotopic (exact) mass is 413 g/mol. The fraction of sp³-hybridized carbons (Fsp3) is 0.688. The molecule has 0 spiro atoms. The molecule has 0 atom stereocenters. The Kier molecular flexibility index (Phi) is 12.4. The van der Waals surface area contributed by atoms with E-state index < -0.39 is 33.5 Å². The molecule has 0 N–H and O–H groups in total. The average molecular weight is 414 g/mol. The van der Waals surface area contributed by atoms with Gasteiger partial charge >= 0.3 is 35.6 Å². The average Bonchev–Trinajstić information content (AvgIpc) is 2.45. The van der Waals surface area contributed by atoms with Gasteiger partial charge < -0.3 is 4.65 Å². The fourth-order valence-electron chi connectivity index (χ4n) is 2.41. The summed E-state index contributed by atoms with van der Waals surface area (Å²) in [4.78, 5) is 0. The number of hydrogen-bond acceptors (Lipinski definition) is 0. The summed E-state index contributed by atoms with van der Waals surface area (Å²) in [6.07, 6.45) is 0. The molecule has 1 nitrogen and oxygen atoms in total. The molecule has 130 valence electrons. The van der Waals surface area contributed by atoms with Crippen LogP contribution in [0.25, 0.3) is 4.65 Å². The van der Waals surface area contributed by atoms with Crippen LogP contribution in [0.1, 0.15) is 27.8 Å². The molecule has 0 heterocycles. The zero-order chi connectivity index (χ0) is 18.3. The second kappa shape index (κ2) is 10.8. The molecule has 6 heteroatoms. The van der Waals surface area contributed by atoms with E-state index in [9.17, 15) is 0 Å². The van der Waals surface area contributed by atoms with Gasteiger partial charge in [0.25, 0.3) is 0 Å². The Morgan fingerprint density at radius 1 is 0.773 bits per heavy atom. The fourth-order valence-corrected chi connectivity index (χ4v) is 10.5. The van der Waals surface area contributed by atoms with Crippen molar-refractivity contribution in [3.05, 3.63) is 32.5 Å². The first-order chi connectivity index (χ1) is 9.67. The van der Waals surface area contributed by atoms with Crippen molar-refractivity contribution in [2.24, 2.45) is 0 Å². The van der Waals surface area contributed by atoms with E-state index in [2.05, 4.69) is 73.9 Å². The molecule has 1 aromatic rings. The van der Waals surface area contributed by atoms with Gasteiger partial charge in [-0.25, -0.2) is 0 Å². The van der Waals surface area contributed by atoms with E-state index in [0.29, 0.717) is 0 Å². The molecule has 1 rings (SSSR count). The van der Waals surface area contributed by atoms with E-state index in [-0.39, 0.29) is 0 Å². The molecule has 0 fully saturated rings. The van der Waals surface area contributed by atoms with E-state index in [1.807, 2.05) is 0 Å². The number of halogens is 2. The predicted octanol–water partition coefficient (Wildman–Crippen LogP) is 7.35. The summed E-state index contributed by atoms with van der Waals surface area (Å²) in [5.41, 5.74) is 7.34. The van der Waals surface area contributed by atoms with Gasteiger partial charge in [-0.1, -0.05) is 90.4 Å². The Morgan fingerprint density at radius 3 is 1.05 bits per heavy atom. The quantitative estimate of drug-likeness (QED) is 0.355. The molecule has 0 saturated heterocycles. The topological polar surface area (TPSA) is 14.1 Å². The molecule has 0 unspecified atom stereocenters. The summed E-state index contributed by atoms with van der Waals surface area (Å²) < 4.78 is 4.82.